The van der Waals surface area contributed by atoms with Crippen molar-refractivity contribution in [2.45, 2.75) is 18.9 Å². The van der Waals surface area contributed by atoms with Gasteiger partial charge in [0.2, 0.25) is 0 Å². The molecule has 1 atom stereocenters. The van der Waals surface area contributed by atoms with Crippen molar-refractivity contribution in [1.82, 2.24) is 4.90 Å². The zero-order valence-electron chi connectivity index (χ0n) is 10.2. The van der Waals surface area contributed by atoms with Gasteiger partial charge in [0.05, 0.1) is 5.54 Å². The van der Waals surface area contributed by atoms with E-state index in [1.165, 1.54) is 11.3 Å². The number of nitrogens with one attached hydrogen (secondary N) is 1. The molecule has 1 fully saturated rings. The van der Waals surface area contributed by atoms with Crippen LogP contribution in [0.25, 0.3) is 0 Å². The Kier molecular flexibility index (Phi) is 3.17. The molecule has 0 bridgehead atoms. The molecule has 0 spiro atoms. The molecule has 16 heavy (non-hydrogen) atoms. The molecule has 0 aliphatic carbocycles. The summed E-state index contributed by atoms with van der Waals surface area (Å²) >= 11 is 0. The highest BCUT2D eigenvalue weighted by Gasteiger charge is 2.35. The molecule has 1 saturated heterocycles. The van der Waals surface area contributed by atoms with Crippen molar-refractivity contribution in [3.63, 3.8) is 0 Å². The second-order valence-electron chi connectivity index (χ2n) is 4.96. The Hall–Kier alpha value is -1.06. The predicted molar refractivity (Wildman–Crippen MR) is 68.7 cm³/mol. The monoisotopic (exact) mass is 219 g/mol. The van der Waals surface area contributed by atoms with Crippen molar-refractivity contribution >= 4 is 5.69 Å². The Balaban J connectivity index is 2.10. The van der Waals surface area contributed by atoms with E-state index in [1.54, 1.807) is 0 Å². The van der Waals surface area contributed by atoms with Crippen LogP contribution >= 0.6 is 0 Å². The van der Waals surface area contributed by atoms with Crippen molar-refractivity contribution < 1.29 is 0 Å². The normalized spacial score (nSPS) is 25.9. The summed E-state index contributed by atoms with van der Waals surface area (Å²) in [7, 11) is 2.15. The van der Waals surface area contributed by atoms with Gasteiger partial charge in [-0.25, -0.2) is 0 Å². The Labute approximate surface area is 97.6 Å². The van der Waals surface area contributed by atoms with Crippen LogP contribution in [0.2, 0.25) is 0 Å². The number of nitrogens with two attached hydrogens (primary N) is 1. The third-order valence-electron chi connectivity index (χ3n) is 3.40. The minimum absolute atomic E-state index is 0.0595. The van der Waals surface area contributed by atoms with E-state index in [4.69, 9.17) is 5.73 Å². The molecule has 2 rings (SSSR count). The van der Waals surface area contributed by atoms with Gasteiger partial charge >= 0.3 is 0 Å². The lowest BCUT2D eigenvalue weighted by atomic mass is 9.98. The average molecular weight is 219 g/mol. The van der Waals surface area contributed by atoms with Crippen LogP contribution in [0, 0.1) is 6.92 Å². The fourth-order valence-electron chi connectivity index (χ4n) is 2.34. The molecule has 0 amide bonds. The van der Waals surface area contributed by atoms with Crippen LogP contribution in [0.5, 0.6) is 0 Å². The van der Waals surface area contributed by atoms with Gasteiger partial charge in [-0.05, 0) is 32.5 Å². The zero-order chi connectivity index (χ0) is 11.6. The molecule has 1 aromatic carbocycles. The number of anilines is 1. The van der Waals surface area contributed by atoms with Crippen LogP contribution in [0.4, 0.5) is 5.69 Å². The summed E-state index contributed by atoms with van der Waals surface area (Å²) in [4.78, 5) is 2.33. The number of benzene rings is 1. The largest absolute Gasteiger partial charge is 0.377 e. The first-order chi connectivity index (χ1) is 7.63. The van der Waals surface area contributed by atoms with E-state index >= 15 is 0 Å². The molecular formula is C13H21N3. The topological polar surface area (TPSA) is 41.3 Å². The molecule has 88 valence electrons. The molecule has 3 heteroatoms. The average Bonchev–Trinajstić information content (AvgIpc) is 2.64. The van der Waals surface area contributed by atoms with Gasteiger partial charge in [-0.15, -0.1) is 0 Å². The van der Waals surface area contributed by atoms with Crippen molar-refractivity contribution in [3.05, 3.63) is 29.8 Å². The van der Waals surface area contributed by atoms with Crippen LogP contribution in [0.15, 0.2) is 24.3 Å². The number of likely N-dealkylation sites (N-methyl/N-ethyl adjacent to an activating group) is 1. The summed E-state index contributed by atoms with van der Waals surface area (Å²) in [6, 6.07) is 8.52. The number of likely N-dealkylation sites (tertiary alicyclic amines) is 1. The number of hydrogen-bond acceptors (Lipinski definition) is 3. The molecule has 3 N–H and O–H groups in total. The van der Waals surface area contributed by atoms with Crippen molar-refractivity contribution in [2.75, 3.05) is 32.0 Å². The quantitative estimate of drug-likeness (QED) is 0.808. The second-order valence-corrected chi connectivity index (χ2v) is 4.96. The van der Waals surface area contributed by atoms with Gasteiger partial charge in [0.1, 0.15) is 0 Å². The molecular weight excluding hydrogens is 198 g/mol. The minimum Gasteiger partial charge on any atom is -0.377 e. The zero-order valence-corrected chi connectivity index (χ0v) is 10.2. The summed E-state index contributed by atoms with van der Waals surface area (Å²) in [6.07, 6.45) is 1.12. The molecule has 1 aliphatic rings. The standard InChI is InChI=1S/C13H21N3/c1-11-3-5-12(6-4-11)15-13(9-14)7-8-16(2)10-13/h3-6,15H,7-10,14H2,1-2H3. The molecule has 1 aliphatic heterocycles. The van der Waals surface area contributed by atoms with E-state index in [1.807, 2.05) is 0 Å². The maximum atomic E-state index is 5.92. The summed E-state index contributed by atoms with van der Waals surface area (Å²) in [5.41, 5.74) is 8.44. The first-order valence-electron chi connectivity index (χ1n) is 5.87. The van der Waals surface area contributed by atoms with Gasteiger partial charge in [0.25, 0.3) is 0 Å². The Bertz CT molecular complexity index is 347. The van der Waals surface area contributed by atoms with Crippen LogP contribution in [0.3, 0.4) is 0 Å². The minimum atomic E-state index is 0.0595. The van der Waals surface area contributed by atoms with Gasteiger partial charge in [0, 0.05) is 25.3 Å². The maximum absolute atomic E-state index is 5.92. The van der Waals surface area contributed by atoms with Gasteiger partial charge < -0.3 is 16.0 Å². The Morgan fingerprint density at radius 1 is 1.38 bits per heavy atom. The highest BCUT2D eigenvalue weighted by Crippen LogP contribution is 2.24. The van der Waals surface area contributed by atoms with E-state index in [2.05, 4.69) is 48.5 Å². The Morgan fingerprint density at radius 2 is 2.06 bits per heavy atom. The second kappa shape index (κ2) is 4.44. The predicted octanol–water partition coefficient (Wildman–Crippen LogP) is 1.44. The van der Waals surface area contributed by atoms with Gasteiger partial charge in [0.15, 0.2) is 0 Å². The molecule has 1 heterocycles. The van der Waals surface area contributed by atoms with Crippen LogP contribution in [-0.2, 0) is 0 Å². The number of hydrogen-bond donors (Lipinski definition) is 2. The van der Waals surface area contributed by atoms with Crippen molar-refractivity contribution in [1.29, 1.82) is 0 Å². The highest BCUT2D eigenvalue weighted by atomic mass is 15.2. The van der Waals surface area contributed by atoms with E-state index < -0.39 is 0 Å². The smallest absolute Gasteiger partial charge is 0.0634 e. The molecule has 3 nitrogen and oxygen atoms in total. The lowest BCUT2D eigenvalue weighted by Gasteiger charge is -2.30. The number of nitrogens with zero attached hydrogens (tertiary/aromatic N) is 1. The maximum Gasteiger partial charge on any atom is 0.0634 e. The molecule has 1 unspecified atom stereocenters. The van der Waals surface area contributed by atoms with Crippen LogP contribution in [0.1, 0.15) is 12.0 Å². The van der Waals surface area contributed by atoms with Crippen molar-refractivity contribution in [3.8, 4) is 0 Å². The SMILES string of the molecule is Cc1ccc(NC2(CN)CCN(C)C2)cc1. The number of rotatable bonds is 3. The number of aryl methyl sites for hydroxylation is 1. The Morgan fingerprint density at radius 3 is 2.56 bits per heavy atom. The third-order valence-corrected chi connectivity index (χ3v) is 3.40. The van der Waals surface area contributed by atoms with E-state index in [0.717, 1.165) is 19.5 Å². The van der Waals surface area contributed by atoms with Crippen molar-refractivity contribution in [2.24, 2.45) is 5.73 Å². The fraction of sp³-hybridized carbons (Fsp3) is 0.538. The summed E-state index contributed by atoms with van der Waals surface area (Å²) in [6.45, 7) is 4.94. The van der Waals surface area contributed by atoms with Crippen LogP contribution in [-0.4, -0.2) is 37.1 Å². The first kappa shape index (κ1) is 11.4. The van der Waals surface area contributed by atoms with Gasteiger partial charge in [-0.2, -0.15) is 0 Å². The van der Waals surface area contributed by atoms with E-state index in [0.29, 0.717) is 6.54 Å². The first-order valence-corrected chi connectivity index (χ1v) is 5.87. The fourth-order valence-corrected chi connectivity index (χ4v) is 2.34. The van der Waals surface area contributed by atoms with Crippen LogP contribution < -0.4 is 11.1 Å². The highest BCUT2D eigenvalue weighted by molar-refractivity contribution is 5.47. The van der Waals surface area contributed by atoms with Gasteiger partial charge in [-0.3, -0.25) is 0 Å². The van der Waals surface area contributed by atoms with E-state index in [-0.39, 0.29) is 5.54 Å². The molecule has 0 saturated carbocycles. The lowest BCUT2D eigenvalue weighted by Crippen LogP contribution is -2.47. The van der Waals surface area contributed by atoms with E-state index in [9.17, 15) is 0 Å². The summed E-state index contributed by atoms with van der Waals surface area (Å²) < 4.78 is 0. The lowest BCUT2D eigenvalue weighted by molar-refractivity contribution is 0.385. The summed E-state index contributed by atoms with van der Waals surface area (Å²) in [5, 5.41) is 3.60. The third kappa shape index (κ3) is 2.36. The summed E-state index contributed by atoms with van der Waals surface area (Å²) in [5.74, 6) is 0. The molecule has 1 aromatic rings. The van der Waals surface area contributed by atoms with Gasteiger partial charge in [-0.1, -0.05) is 17.7 Å². The molecule has 0 aromatic heterocycles. The molecule has 0 radical (unpaired) electrons.